The van der Waals surface area contributed by atoms with Crippen LogP contribution in [-0.2, 0) is 22.6 Å². The fourth-order valence-electron chi connectivity index (χ4n) is 3.98. The highest BCUT2D eigenvalue weighted by Gasteiger charge is 2.22. The van der Waals surface area contributed by atoms with Gasteiger partial charge in [-0.1, -0.05) is 30.3 Å². The average molecular weight is 438 g/mol. The van der Waals surface area contributed by atoms with Crippen LogP contribution < -0.4 is 0 Å². The molecule has 0 aliphatic heterocycles. The number of ketones is 1. The zero-order valence-electron chi connectivity index (χ0n) is 19.5. The maximum atomic E-state index is 12.8. The molecule has 0 spiro atoms. The minimum atomic E-state index is -0.526. The Balaban J connectivity index is 1.67. The van der Waals surface area contributed by atoms with Gasteiger partial charge in [-0.25, -0.2) is 4.79 Å². The van der Waals surface area contributed by atoms with Crippen LogP contribution in [0.3, 0.4) is 0 Å². The molecule has 0 amide bonds. The van der Waals surface area contributed by atoms with E-state index in [4.69, 9.17) is 9.47 Å². The van der Waals surface area contributed by atoms with E-state index in [9.17, 15) is 9.59 Å². The van der Waals surface area contributed by atoms with Gasteiger partial charge in [0.1, 0.15) is 5.56 Å². The second-order valence-corrected chi connectivity index (χ2v) is 7.97. The molecule has 0 bridgehead atoms. The number of hydrogen-bond donors (Lipinski definition) is 0. The molecule has 1 aromatic carbocycles. The van der Waals surface area contributed by atoms with Gasteiger partial charge in [-0.05, 0) is 45.7 Å². The number of aryl methyl sites for hydroxylation is 2. The summed E-state index contributed by atoms with van der Waals surface area (Å²) >= 11 is 0. The summed E-state index contributed by atoms with van der Waals surface area (Å²) in [7, 11) is 1.67. The topological polar surface area (TPSA) is 75.3 Å². The highest BCUT2D eigenvalue weighted by Crippen LogP contribution is 2.19. The summed E-state index contributed by atoms with van der Waals surface area (Å²) in [6.07, 6.45) is 0.862. The second-order valence-electron chi connectivity index (χ2n) is 7.97. The van der Waals surface area contributed by atoms with Crippen LogP contribution >= 0.6 is 0 Å². The predicted molar refractivity (Wildman–Crippen MR) is 122 cm³/mol. The van der Waals surface area contributed by atoms with Crippen LogP contribution in [0.5, 0.6) is 0 Å². The molecule has 0 saturated carbocycles. The summed E-state index contributed by atoms with van der Waals surface area (Å²) in [5.41, 5.74) is 5.28. The first-order chi connectivity index (χ1) is 15.3. The SMILES string of the molecule is COCCCn1c(C)cc(C(=O)COC(=O)c2c(C)nn(Cc3ccccc3)c2C)c1C. The number of rotatable bonds is 10. The Hall–Kier alpha value is -3.19. The fourth-order valence-corrected chi connectivity index (χ4v) is 3.98. The maximum Gasteiger partial charge on any atom is 0.342 e. The zero-order chi connectivity index (χ0) is 23.3. The van der Waals surface area contributed by atoms with E-state index in [1.165, 1.54) is 0 Å². The number of Topliss-reactive ketones (excluding diaryl/α,β-unsaturated/α-hetero) is 1. The number of nitrogens with zero attached hydrogens (tertiary/aromatic N) is 3. The summed E-state index contributed by atoms with van der Waals surface area (Å²) in [6, 6.07) is 11.8. The van der Waals surface area contributed by atoms with Crippen molar-refractivity contribution < 1.29 is 19.1 Å². The molecule has 0 aliphatic carbocycles. The average Bonchev–Trinajstić information content (AvgIpc) is 3.21. The highest BCUT2D eigenvalue weighted by atomic mass is 16.5. The quantitative estimate of drug-likeness (QED) is 0.272. The minimum absolute atomic E-state index is 0.212. The first-order valence-electron chi connectivity index (χ1n) is 10.8. The minimum Gasteiger partial charge on any atom is -0.454 e. The molecule has 0 fully saturated rings. The third-order valence-electron chi connectivity index (χ3n) is 5.70. The van der Waals surface area contributed by atoms with Crippen molar-refractivity contribution in [3.8, 4) is 0 Å². The third-order valence-corrected chi connectivity index (χ3v) is 5.70. The Morgan fingerprint density at radius 1 is 1.03 bits per heavy atom. The number of aromatic nitrogens is 3. The molecule has 2 heterocycles. The monoisotopic (exact) mass is 437 g/mol. The van der Waals surface area contributed by atoms with Crippen LogP contribution in [0, 0.1) is 27.7 Å². The Morgan fingerprint density at radius 2 is 1.75 bits per heavy atom. The molecule has 2 aromatic heterocycles. The van der Waals surface area contributed by atoms with Crippen molar-refractivity contribution in [2.45, 2.75) is 47.2 Å². The van der Waals surface area contributed by atoms with E-state index in [2.05, 4.69) is 9.67 Å². The van der Waals surface area contributed by atoms with Crippen LogP contribution in [0.1, 0.15) is 55.5 Å². The number of esters is 1. The molecule has 3 aromatic rings. The van der Waals surface area contributed by atoms with Crippen molar-refractivity contribution in [1.82, 2.24) is 14.3 Å². The molecule has 0 aliphatic rings. The van der Waals surface area contributed by atoms with Crippen LogP contribution in [0.2, 0.25) is 0 Å². The summed E-state index contributed by atoms with van der Waals surface area (Å²) in [5, 5.41) is 4.49. The second kappa shape index (κ2) is 10.4. The van der Waals surface area contributed by atoms with E-state index in [1.807, 2.05) is 57.2 Å². The van der Waals surface area contributed by atoms with Crippen molar-refractivity contribution in [3.05, 3.63) is 75.9 Å². The molecular weight excluding hydrogens is 406 g/mol. The Kier molecular flexibility index (Phi) is 7.64. The molecular formula is C25H31N3O4. The summed E-state index contributed by atoms with van der Waals surface area (Å²) in [5.74, 6) is -0.738. The third kappa shape index (κ3) is 5.16. The van der Waals surface area contributed by atoms with E-state index < -0.39 is 5.97 Å². The molecule has 0 radical (unpaired) electrons. The van der Waals surface area contributed by atoms with Gasteiger partial charge in [0.2, 0.25) is 5.78 Å². The van der Waals surface area contributed by atoms with Crippen LogP contribution in [0.25, 0.3) is 0 Å². The van der Waals surface area contributed by atoms with Crippen LogP contribution in [0.15, 0.2) is 36.4 Å². The predicted octanol–water partition coefficient (Wildman–Crippen LogP) is 4.04. The molecule has 0 atom stereocenters. The van der Waals surface area contributed by atoms with Gasteiger partial charge in [0, 0.05) is 37.2 Å². The molecule has 3 rings (SSSR count). The Labute approximate surface area is 189 Å². The van der Waals surface area contributed by atoms with Crippen molar-refractivity contribution in [3.63, 3.8) is 0 Å². The molecule has 0 N–H and O–H groups in total. The van der Waals surface area contributed by atoms with Gasteiger partial charge in [-0.3, -0.25) is 9.48 Å². The fraction of sp³-hybridized carbons (Fsp3) is 0.400. The first-order valence-corrected chi connectivity index (χ1v) is 10.8. The van der Waals surface area contributed by atoms with Gasteiger partial charge in [-0.15, -0.1) is 0 Å². The number of ether oxygens (including phenoxy) is 2. The van der Waals surface area contributed by atoms with Gasteiger partial charge in [0.15, 0.2) is 6.61 Å². The van der Waals surface area contributed by atoms with E-state index in [-0.39, 0.29) is 12.4 Å². The van der Waals surface area contributed by atoms with Gasteiger partial charge in [0.05, 0.1) is 17.9 Å². The standard InChI is InChI=1S/C25H31N3O4/c1-17-14-22(19(3)27(17)12-9-13-31-5)23(29)16-32-25(30)24-18(2)26-28(20(24)4)15-21-10-7-6-8-11-21/h6-8,10-11,14H,9,12-13,15-16H2,1-5H3. The Bertz CT molecular complexity index is 1100. The normalized spacial score (nSPS) is 11.0. The largest absolute Gasteiger partial charge is 0.454 e. The van der Waals surface area contributed by atoms with Crippen LogP contribution in [-0.4, -0.2) is 46.4 Å². The van der Waals surface area contributed by atoms with Crippen molar-refractivity contribution in [2.75, 3.05) is 20.3 Å². The number of hydrogen-bond acceptors (Lipinski definition) is 5. The molecule has 32 heavy (non-hydrogen) atoms. The van der Waals surface area contributed by atoms with E-state index >= 15 is 0 Å². The number of carbonyl (C=O) groups is 2. The summed E-state index contributed by atoms with van der Waals surface area (Å²) in [6.45, 7) is 9.20. The smallest absolute Gasteiger partial charge is 0.342 e. The molecule has 0 unspecified atom stereocenters. The van der Waals surface area contributed by atoms with Gasteiger partial charge in [-0.2, -0.15) is 5.10 Å². The summed E-state index contributed by atoms with van der Waals surface area (Å²) < 4.78 is 14.4. The van der Waals surface area contributed by atoms with Crippen molar-refractivity contribution in [2.24, 2.45) is 0 Å². The molecule has 170 valence electrons. The number of carbonyl (C=O) groups excluding carboxylic acids is 2. The van der Waals surface area contributed by atoms with E-state index in [0.717, 1.165) is 35.6 Å². The lowest BCUT2D eigenvalue weighted by molar-refractivity contribution is 0.0473. The van der Waals surface area contributed by atoms with E-state index in [1.54, 1.807) is 18.7 Å². The number of benzene rings is 1. The lowest BCUT2D eigenvalue weighted by Crippen LogP contribution is -2.16. The molecule has 7 nitrogen and oxygen atoms in total. The highest BCUT2D eigenvalue weighted by molar-refractivity contribution is 6.00. The zero-order valence-corrected chi connectivity index (χ0v) is 19.5. The maximum absolute atomic E-state index is 12.8. The first kappa shape index (κ1) is 23.5. The van der Waals surface area contributed by atoms with Crippen LogP contribution in [0.4, 0.5) is 0 Å². The lowest BCUT2D eigenvalue weighted by Gasteiger charge is -2.09. The van der Waals surface area contributed by atoms with Crippen molar-refractivity contribution >= 4 is 11.8 Å². The van der Waals surface area contributed by atoms with Gasteiger partial charge in [0.25, 0.3) is 0 Å². The van der Waals surface area contributed by atoms with Gasteiger partial charge >= 0.3 is 5.97 Å². The van der Waals surface area contributed by atoms with Gasteiger partial charge < -0.3 is 14.0 Å². The Morgan fingerprint density at radius 3 is 2.44 bits per heavy atom. The lowest BCUT2D eigenvalue weighted by atomic mass is 10.1. The van der Waals surface area contributed by atoms with E-state index in [0.29, 0.717) is 30.0 Å². The van der Waals surface area contributed by atoms with Crippen molar-refractivity contribution in [1.29, 1.82) is 0 Å². The number of methoxy groups -OCH3 is 1. The molecule has 7 heteroatoms. The summed E-state index contributed by atoms with van der Waals surface area (Å²) in [4.78, 5) is 25.5. The molecule has 0 saturated heterocycles.